The van der Waals surface area contributed by atoms with E-state index >= 15 is 0 Å². The maximum absolute atomic E-state index is 13.1. The predicted molar refractivity (Wildman–Crippen MR) is 150 cm³/mol. The highest BCUT2D eigenvalue weighted by atomic mass is 32.1. The molecule has 8 nitrogen and oxygen atoms in total. The van der Waals surface area contributed by atoms with Crippen LogP contribution in [0.2, 0.25) is 0 Å². The summed E-state index contributed by atoms with van der Waals surface area (Å²) < 4.78 is 16.9. The highest BCUT2D eigenvalue weighted by Gasteiger charge is 2.18. The molecule has 1 fully saturated rings. The fourth-order valence-electron chi connectivity index (χ4n) is 4.82. The van der Waals surface area contributed by atoms with E-state index in [0.29, 0.717) is 41.9 Å². The number of rotatable bonds is 8. The number of nitrogens with zero attached hydrogens (tertiary/aromatic N) is 2. The Labute approximate surface area is 222 Å². The predicted octanol–water partition coefficient (Wildman–Crippen LogP) is 3.78. The van der Waals surface area contributed by atoms with Crippen LogP contribution in [0.3, 0.4) is 0 Å². The maximum atomic E-state index is 13.1. The molecule has 0 bridgehead atoms. The van der Waals surface area contributed by atoms with Gasteiger partial charge in [-0.15, -0.1) is 0 Å². The molecule has 0 spiro atoms. The molecule has 9 heteroatoms. The van der Waals surface area contributed by atoms with Crippen molar-refractivity contribution in [3.63, 3.8) is 0 Å². The fraction of sp³-hybridized carbons (Fsp3) is 0.429. The van der Waals surface area contributed by atoms with Crippen LogP contribution in [0.5, 0.6) is 11.5 Å². The van der Waals surface area contributed by atoms with E-state index in [1.54, 1.807) is 0 Å². The Morgan fingerprint density at radius 2 is 1.81 bits per heavy atom. The summed E-state index contributed by atoms with van der Waals surface area (Å²) in [5.41, 5.74) is 3.47. The Kier molecular flexibility index (Phi) is 8.23. The van der Waals surface area contributed by atoms with E-state index in [2.05, 4.69) is 33.1 Å². The van der Waals surface area contributed by atoms with Crippen LogP contribution >= 0.6 is 12.2 Å². The number of nitrogens with one attached hydrogen (secondary N) is 2. The maximum Gasteiger partial charge on any atom is 0.253 e. The first-order valence-corrected chi connectivity index (χ1v) is 13.4. The Morgan fingerprint density at radius 3 is 2.59 bits per heavy atom. The molecule has 2 aromatic carbocycles. The molecule has 0 unspecified atom stereocenters. The number of hydrogen-bond acceptors (Lipinski definition) is 6. The summed E-state index contributed by atoms with van der Waals surface area (Å²) in [5.74, 6) is 1.36. The highest BCUT2D eigenvalue weighted by molar-refractivity contribution is 7.80. The fourth-order valence-corrected chi connectivity index (χ4v) is 5.08. The van der Waals surface area contributed by atoms with Gasteiger partial charge in [0.05, 0.1) is 25.3 Å². The molecule has 2 N–H and O–H groups in total. The number of pyridine rings is 1. The van der Waals surface area contributed by atoms with E-state index in [4.69, 9.17) is 26.4 Å². The number of anilines is 1. The van der Waals surface area contributed by atoms with Gasteiger partial charge in [-0.05, 0) is 48.8 Å². The number of morpholine rings is 1. The molecule has 5 rings (SSSR count). The summed E-state index contributed by atoms with van der Waals surface area (Å²) in [7, 11) is 0. The molecule has 2 aliphatic heterocycles. The van der Waals surface area contributed by atoms with Crippen molar-refractivity contribution in [2.24, 2.45) is 0 Å². The van der Waals surface area contributed by atoms with Gasteiger partial charge in [-0.25, -0.2) is 0 Å². The molecule has 37 heavy (non-hydrogen) atoms. The summed E-state index contributed by atoms with van der Waals surface area (Å²) in [5, 5.41) is 4.96. The summed E-state index contributed by atoms with van der Waals surface area (Å²) in [4.78, 5) is 20.6. The molecule has 1 saturated heterocycles. The zero-order valence-electron chi connectivity index (χ0n) is 21.3. The average Bonchev–Trinajstić information content (AvgIpc) is 2.92. The SMILES string of the molecule is CCc1ccccc1NC(=S)N(CCCN1CCOCC1)Cc1cc2cc3c(cc2[nH]c1=O)OCCO3. The molecular formula is C28H34N4O4S. The van der Waals surface area contributed by atoms with Crippen LogP contribution in [0.1, 0.15) is 24.5 Å². The average molecular weight is 523 g/mol. The second-order valence-corrected chi connectivity index (χ2v) is 9.76. The van der Waals surface area contributed by atoms with Crippen LogP contribution in [-0.4, -0.2) is 72.5 Å². The number of benzene rings is 2. The number of H-pyrrole nitrogens is 1. The van der Waals surface area contributed by atoms with Gasteiger partial charge in [0.15, 0.2) is 16.6 Å². The van der Waals surface area contributed by atoms with E-state index < -0.39 is 0 Å². The van der Waals surface area contributed by atoms with Gasteiger partial charge in [-0.1, -0.05) is 25.1 Å². The van der Waals surface area contributed by atoms with Crippen molar-refractivity contribution < 1.29 is 14.2 Å². The number of aryl methyl sites for hydroxylation is 1. The number of ether oxygens (including phenoxy) is 3. The van der Waals surface area contributed by atoms with Crippen molar-refractivity contribution in [2.45, 2.75) is 26.3 Å². The van der Waals surface area contributed by atoms with Crippen LogP contribution in [0.4, 0.5) is 5.69 Å². The topological polar surface area (TPSA) is 79.1 Å². The molecule has 196 valence electrons. The van der Waals surface area contributed by atoms with Crippen LogP contribution in [-0.2, 0) is 17.7 Å². The molecule has 0 saturated carbocycles. The third-order valence-corrected chi connectivity index (χ3v) is 7.24. The normalized spacial score (nSPS) is 15.5. The second kappa shape index (κ2) is 11.9. The van der Waals surface area contributed by atoms with Gasteiger partial charge in [-0.2, -0.15) is 0 Å². The van der Waals surface area contributed by atoms with Crippen LogP contribution < -0.4 is 20.3 Å². The lowest BCUT2D eigenvalue weighted by molar-refractivity contribution is 0.0367. The highest BCUT2D eigenvalue weighted by Crippen LogP contribution is 2.33. The lowest BCUT2D eigenvalue weighted by atomic mass is 10.1. The number of para-hydroxylation sites is 1. The zero-order chi connectivity index (χ0) is 25.6. The number of aromatic amines is 1. The summed E-state index contributed by atoms with van der Waals surface area (Å²) >= 11 is 5.89. The Balaban J connectivity index is 1.37. The van der Waals surface area contributed by atoms with Gasteiger partial charge in [0.25, 0.3) is 5.56 Å². The summed E-state index contributed by atoms with van der Waals surface area (Å²) in [6.45, 7) is 8.72. The van der Waals surface area contributed by atoms with Gasteiger partial charge in [-0.3, -0.25) is 9.69 Å². The van der Waals surface area contributed by atoms with Crippen molar-refractivity contribution in [1.29, 1.82) is 0 Å². The quantitative estimate of drug-likeness (QED) is 0.433. The van der Waals surface area contributed by atoms with Crippen LogP contribution in [0.25, 0.3) is 10.9 Å². The Morgan fingerprint density at radius 1 is 1.05 bits per heavy atom. The molecule has 0 aliphatic carbocycles. The van der Waals surface area contributed by atoms with Gasteiger partial charge < -0.3 is 29.4 Å². The lowest BCUT2D eigenvalue weighted by Crippen LogP contribution is -2.40. The van der Waals surface area contributed by atoms with Crippen molar-refractivity contribution >= 4 is 33.9 Å². The van der Waals surface area contributed by atoms with Gasteiger partial charge >= 0.3 is 0 Å². The molecule has 2 aliphatic rings. The summed E-state index contributed by atoms with van der Waals surface area (Å²) in [6.07, 6.45) is 1.84. The molecule has 0 radical (unpaired) electrons. The monoisotopic (exact) mass is 522 g/mol. The van der Waals surface area contributed by atoms with Crippen molar-refractivity contribution in [3.8, 4) is 11.5 Å². The standard InChI is InChI=1S/C28H34N4O4S/c1-2-20-6-3-4-7-23(20)30-28(37)32(9-5-8-31-10-12-34-13-11-31)19-22-16-21-17-25-26(36-15-14-35-25)18-24(21)29-27(22)33/h3-4,6-7,16-18H,2,5,8-15,19H2,1H3,(H,29,33)(H,30,37). The first kappa shape index (κ1) is 25.5. The van der Waals surface area contributed by atoms with Crippen LogP contribution in [0.15, 0.2) is 47.3 Å². The largest absolute Gasteiger partial charge is 0.486 e. The number of fused-ring (bicyclic) bond motifs is 2. The van der Waals surface area contributed by atoms with Gasteiger partial charge in [0.1, 0.15) is 13.2 Å². The van der Waals surface area contributed by atoms with E-state index in [9.17, 15) is 4.79 Å². The van der Waals surface area contributed by atoms with E-state index in [1.807, 2.05) is 36.4 Å². The smallest absolute Gasteiger partial charge is 0.253 e. The minimum Gasteiger partial charge on any atom is -0.486 e. The van der Waals surface area contributed by atoms with E-state index in [-0.39, 0.29) is 5.56 Å². The first-order valence-electron chi connectivity index (χ1n) is 13.0. The molecule has 3 aromatic rings. The lowest BCUT2D eigenvalue weighted by Gasteiger charge is -2.30. The second-order valence-electron chi connectivity index (χ2n) is 9.38. The molecule has 3 heterocycles. The molecular weight excluding hydrogens is 488 g/mol. The third kappa shape index (κ3) is 6.23. The van der Waals surface area contributed by atoms with Crippen molar-refractivity contribution in [2.75, 3.05) is 57.9 Å². The number of thiocarbonyl (C=S) groups is 1. The first-order chi connectivity index (χ1) is 18.1. The van der Waals surface area contributed by atoms with Crippen molar-refractivity contribution in [3.05, 3.63) is 63.9 Å². The van der Waals surface area contributed by atoms with Crippen LogP contribution in [0, 0.1) is 0 Å². The van der Waals surface area contributed by atoms with Gasteiger partial charge in [0, 0.05) is 48.9 Å². The third-order valence-electron chi connectivity index (χ3n) is 6.88. The minimum atomic E-state index is -0.126. The number of aromatic nitrogens is 1. The zero-order valence-corrected chi connectivity index (χ0v) is 22.1. The molecule has 0 amide bonds. The molecule has 1 aromatic heterocycles. The summed E-state index contributed by atoms with van der Waals surface area (Å²) in [6, 6.07) is 13.9. The number of hydrogen-bond donors (Lipinski definition) is 2. The Hall–Kier alpha value is -3.14. The van der Waals surface area contributed by atoms with E-state index in [0.717, 1.165) is 68.8 Å². The van der Waals surface area contributed by atoms with Gasteiger partial charge in [0.2, 0.25) is 0 Å². The minimum absolute atomic E-state index is 0.126. The molecule has 0 atom stereocenters. The van der Waals surface area contributed by atoms with E-state index in [1.165, 1.54) is 5.56 Å². The Bertz CT molecular complexity index is 1310. The van der Waals surface area contributed by atoms with Crippen molar-refractivity contribution in [1.82, 2.24) is 14.8 Å².